The number of aliphatic hydroxyl groups excluding tert-OH is 2. The zero-order chi connectivity index (χ0) is 13.5. The highest BCUT2D eigenvalue weighted by Gasteiger charge is 2.09. The summed E-state index contributed by atoms with van der Waals surface area (Å²) in [7, 11) is 1.68. The SMILES string of the molecule is COc1cc(C)cc(C)c1CCNC(CO)CO. The third-order valence-corrected chi connectivity index (χ3v) is 3.05. The summed E-state index contributed by atoms with van der Waals surface area (Å²) in [5.74, 6) is 0.902. The third kappa shape index (κ3) is 3.98. The topological polar surface area (TPSA) is 61.7 Å². The molecule has 0 atom stereocenters. The summed E-state index contributed by atoms with van der Waals surface area (Å²) in [5, 5.41) is 21.0. The Labute approximate surface area is 109 Å². The van der Waals surface area contributed by atoms with Gasteiger partial charge in [0.15, 0.2) is 0 Å². The molecule has 102 valence electrons. The monoisotopic (exact) mass is 253 g/mol. The van der Waals surface area contributed by atoms with Gasteiger partial charge in [-0.15, -0.1) is 0 Å². The minimum atomic E-state index is -0.248. The molecule has 0 bridgehead atoms. The van der Waals surface area contributed by atoms with E-state index in [1.54, 1.807) is 7.11 Å². The van der Waals surface area contributed by atoms with Crippen LogP contribution in [0.25, 0.3) is 0 Å². The van der Waals surface area contributed by atoms with E-state index in [1.165, 1.54) is 16.7 Å². The molecule has 0 aliphatic heterocycles. The van der Waals surface area contributed by atoms with Crippen molar-refractivity contribution in [3.63, 3.8) is 0 Å². The lowest BCUT2D eigenvalue weighted by molar-refractivity contribution is 0.171. The molecule has 0 saturated heterocycles. The van der Waals surface area contributed by atoms with Crippen LogP contribution >= 0.6 is 0 Å². The zero-order valence-corrected chi connectivity index (χ0v) is 11.4. The summed E-state index contributed by atoms with van der Waals surface area (Å²) in [6.07, 6.45) is 0.811. The lowest BCUT2D eigenvalue weighted by Gasteiger charge is -2.16. The summed E-state index contributed by atoms with van der Waals surface area (Å²) in [5.41, 5.74) is 3.56. The van der Waals surface area contributed by atoms with Crippen LogP contribution < -0.4 is 10.1 Å². The number of hydrogen-bond acceptors (Lipinski definition) is 4. The Morgan fingerprint density at radius 2 is 1.89 bits per heavy atom. The standard InChI is InChI=1S/C14H23NO3/c1-10-6-11(2)13(14(7-10)18-3)4-5-15-12(8-16)9-17/h6-7,12,15-17H,4-5,8-9H2,1-3H3. The third-order valence-electron chi connectivity index (χ3n) is 3.05. The van der Waals surface area contributed by atoms with Gasteiger partial charge in [-0.3, -0.25) is 0 Å². The molecule has 4 heteroatoms. The second kappa shape index (κ2) is 7.36. The van der Waals surface area contributed by atoms with E-state index in [0.29, 0.717) is 6.54 Å². The van der Waals surface area contributed by atoms with Gasteiger partial charge >= 0.3 is 0 Å². The van der Waals surface area contributed by atoms with E-state index in [0.717, 1.165) is 12.2 Å². The summed E-state index contributed by atoms with van der Waals surface area (Å²) in [4.78, 5) is 0. The van der Waals surface area contributed by atoms with Crippen molar-refractivity contribution in [2.45, 2.75) is 26.3 Å². The molecule has 0 unspecified atom stereocenters. The first-order valence-electron chi connectivity index (χ1n) is 6.21. The molecule has 0 radical (unpaired) electrons. The van der Waals surface area contributed by atoms with Gasteiger partial charge in [-0.1, -0.05) is 6.07 Å². The number of benzene rings is 1. The van der Waals surface area contributed by atoms with Gasteiger partial charge in [-0.25, -0.2) is 0 Å². The lowest BCUT2D eigenvalue weighted by Crippen LogP contribution is -2.37. The number of methoxy groups -OCH3 is 1. The van der Waals surface area contributed by atoms with Gasteiger partial charge in [0.2, 0.25) is 0 Å². The molecule has 0 amide bonds. The van der Waals surface area contributed by atoms with E-state index in [1.807, 2.05) is 13.0 Å². The van der Waals surface area contributed by atoms with Crippen molar-refractivity contribution in [2.24, 2.45) is 0 Å². The minimum absolute atomic E-state index is 0.0550. The highest BCUT2D eigenvalue weighted by Crippen LogP contribution is 2.24. The normalized spacial score (nSPS) is 11.0. The van der Waals surface area contributed by atoms with Gasteiger partial charge in [-0.05, 0) is 49.6 Å². The van der Waals surface area contributed by atoms with E-state index in [4.69, 9.17) is 14.9 Å². The largest absolute Gasteiger partial charge is 0.496 e. The van der Waals surface area contributed by atoms with Gasteiger partial charge in [0.1, 0.15) is 5.75 Å². The number of nitrogens with one attached hydrogen (secondary N) is 1. The fourth-order valence-electron chi connectivity index (χ4n) is 2.05. The Morgan fingerprint density at radius 1 is 1.22 bits per heavy atom. The number of aryl methyl sites for hydroxylation is 2. The molecule has 0 spiro atoms. The summed E-state index contributed by atoms with van der Waals surface area (Å²) in [6.45, 7) is 4.71. The molecule has 1 aromatic carbocycles. The van der Waals surface area contributed by atoms with Gasteiger partial charge < -0.3 is 20.3 Å². The predicted octanol–water partition coefficient (Wildman–Crippen LogP) is 0.797. The predicted molar refractivity (Wildman–Crippen MR) is 72.1 cm³/mol. The summed E-state index contributed by atoms with van der Waals surface area (Å²) in [6, 6.07) is 3.91. The van der Waals surface area contributed by atoms with Gasteiger partial charge in [-0.2, -0.15) is 0 Å². The molecule has 0 fully saturated rings. The van der Waals surface area contributed by atoms with Crippen molar-refractivity contribution in [3.8, 4) is 5.75 Å². The van der Waals surface area contributed by atoms with Gasteiger partial charge in [0, 0.05) is 0 Å². The van der Waals surface area contributed by atoms with Crippen molar-refractivity contribution in [3.05, 3.63) is 28.8 Å². The van der Waals surface area contributed by atoms with Crippen LogP contribution in [0.3, 0.4) is 0 Å². The summed E-state index contributed by atoms with van der Waals surface area (Å²) >= 11 is 0. The average Bonchev–Trinajstić information content (AvgIpc) is 2.36. The average molecular weight is 253 g/mol. The molecule has 0 heterocycles. The number of aliphatic hydroxyl groups is 2. The van der Waals surface area contributed by atoms with E-state index in [2.05, 4.69) is 18.3 Å². The van der Waals surface area contributed by atoms with Crippen LogP contribution in [-0.2, 0) is 6.42 Å². The van der Waals surface area contributed by atoms with Crippen molar-refractivity contribution in [1.29, 1.82) is 0 Å². The highest BCUT2D eigenvalue weighted by atomic mass is 16.5. The number of hydrogen-bond donors (Lipinski definition) is 3. The quantitative estimate of drug-likeness (QED) is 0.672. The van der Waals surface area contributed by atoms with E-state index in [-0.39, 0.29) is 19.3 Å². The van der Waals surface area contributed by atoms with Crippen LogP contribution in [0.1, 0.15) is 16.7 Å². The first-order chi connectivity index (χ1) is 8.62. The van der Waals surface area contributed by atoms with E-state index in [9.17, 15) is 0 Å². The Kier molecular flexibility index (Phi) is 6.12. The van der Waals surface area contributed by atoms with Crippen molar-refractivity contribution < 1.29 is 14.9 Å². The molecule has 0 aliphatic rings. The van der Waals surface area contributed by atoms with Crippen molar-refractivity contribution in [1.82, 2.24) is 5.32 Å². The Balaban J connectivity index is 2.66. The van der Waals surface area contributed by atoms with E-state index < -0.39 is 0 Å². The second-order valence-corrected chi connectivity index (χ2v) is 4.53. The maximum absolute atomic E-state index is 8.97. The molecule has 18 heavy (non-hydrogen) atoms. The Hall–Kier alpha value is -1.10. The van der Waals surface area contributed by atoms with Crippen LogP contribution in [0.5, 0.6) is 5.75 Å². The number of ether oxygens (including phenoxy) is 1. The van der Waals surface area contributed by atoms with Crippen LogP contribution in [-0.4, -0.2) is 43.1 Å². The van der Waals surface area contributed by atoms with Crippen LogP contribution in [0.15, 0.2) is 12.1 Å². The zero-order valence-electron chi connectivity index (χ0n) is 11.4. The Morgan fingerprint density at radius 3 is 2.44 bits per heavy atom. The number of rotatable bonds is 7. The molecule has 0 saturated carbocycles. The Bertz CT molecular complexity index is 376. The van der Waals surface area contributed by atoms with Crippen LogP contribution in [0.2, 0.25) is 0 Å². The minimum Gasteiger partial charge on any atom is -0.496 e. The molecule has 1 aromatic rings. The first kappa shape index (κ1) is 15.0. The molecular weight excluding hydrogens is 230 g/mol. The van der Waals surface area contributed by atoms with Gasteiger partial charge in [0.25, 0.3) is 0 Å². The van der Waals surface area contributed by atoms with Gasteiger partial charge in [0.05, 0.1) is 26.4 Å². The lowest BCUT2D eigenvalue weighted by atomic mass is 10.0. The molecule has 4 nitrogen and oxygen atoms in total. The molecule has 0 aromatic heterocycles. The van der Waals surface area contributed by atoms with Crippen LogP contribution in [0.4, 0.5) is 0 Å². The fraction of sp³-hybridized carbons (Fsp3) is 0.571. The molecule has 3 N–H and O–H groups in total. The fourth-order valence-corrected chi connectivity index (χ4v) is 2.05. The van der Waals surface area contributed by atoms with E-state index >= 15 is 0 Å². The van der Waals surface area contributed by atoms with Crippen LogP contribution in [0, 0.1) is 13.8 Å². The molecular formula is C14H23NO3. The van der Waals surface area contributed by atoms with Crippen molar-refractivity contribution >= 4 is 0 Å². The molecule has 1 rings (SSSR count). The summed E-state index contributed by atoms with van der Waals surface area (Å²) < 4.78 is 5.39. The molecule has 0 aliphatic carbocycles. The second-order valence-electron chi connectivity index (χ2n) is 4.53. The smallest absolute Gasteiger partial charge is 0.122 e. The highest BCUT2D eigenvalue weighted by molar-refractivity contribution is 5.43. The maximum atomic E-state index is 8.97. The maximum Gasteiger partial charge on any atom is 0.122 e. The van der Waals surface area contributed by atoms with Crippen molar-refractivity contribution in [2.75, 3.05) is 26.9 Å². The first-order valence-corrected chi connectivity index (χ1v) is 6.21.